The third-order valence-electron chi connectivity index (χ3n) is 3.05. The normalized spacial score (nSPS) is 12.7. The highest BCUT2D eigenvalue weighted by Gasteiger charge is 2.06. The molecule has 0 aromatic heterocycles. The van der Waals surface area contributed by atoms with Crippen molar-refractivity contribution in [3.8, 4) is 0 Å². The van der Waals surface area contributed by atoms with Crippen molar-refractivity contribution in [3.05, 3.63) is 0 Å². The summed E-state index contributed by atoms with van der Waals surface area (Å²) in [5.74, 6) is 0.910. The lowest BCUT2D eigenvalue weighted by molar-refractivity contribution is 0.384. The van der Waals surface area contributed by atoms with E-state index in [4.69, 9.17) is 0 Å². The van der Waals surface area contributed by atoms with Crippen LogP contribution < -0.4 is 0 Å². The molecule has 1 atom stereocenters. The zero-order valence-electron chi connectivity index (χ0n) is 10.6. The van der Waals surface area contributed by atoms with Gasteiger partial charge in [0, 0.05) is 6.42 Å². The van der Waals surface area contributed by atoms with Crippen LogP contribution in [-0.4, -0.2) is 6.29 Å². The summed E-state index contributed by atoms with van der Waals surface area (Å²) in [5.41, 5.74) is 0. The van der Waals surface area contributed by atoms with Gasteiger partial charge in [-0.1, -0.05) is 65.2 Å². The van der Waals surface area contributed by atoms with E-state index in [1.807, 2.05) is 6.29 Å². The first-order valence-electron chi connectivity index (χ1n) is 6.70. The molecule has 1 nitrogen and oxygen atoms in total. The quantitative estimate of drug-likeness (QED) is 0.454. The van der Waals surface area contributed by atoms with Gasteiger partial charge in [-0.3, -0.25) is 4.79 Å². The SMILES string of the molecule is CCCCCC(CCC)CCCC[C]=O. The lowest BCUT2D eigenvalue weighted by Gasteiger charge is -2.15. The standard InChI is InChI=1S/C14H27O/c1-3-5-7-11-14(10-4-2)12-8-6-9-13-15/h14H,3-12H2,1-2H3. The average molecular weight is 211 g/mol. The smallest absolute Gasteiger partial charge is 0.198 e. The molecule has 0 saturated carbocycles. The number of carbonyl (C=O) groups excluding carboxylic acids is 1. The lowest BCUT2D eigenvalue weighted by Crippen LogP contribution is -2.00. The zero-order valence-corrected chi connectivity index (χ0v) is 10.6. The second-order valence-electron chi connectivity index (χ2n) is 4.54. The molecule has 0 aromatic carbocycles. The Morgan fingerprint density at radius 2 is 1.53 bits per heavy atom. The van der Waals surface area contributed by atoms with Crippen LogP contribution in [0.5, 0.6) is 0 Å². The van der Waals surface area contributed by atoms with Gasteiger partial charge in [-0.15, -0.1) is 0 Å². The molecule has 0 N–H and O–H groups in total. The van der Waals surface area contributed by atoms with Gasteiger partial charge in [-0.05, 0) is 12.3 Å². The van der Waals surface area contributed by atoms with Gasteiger partial charge in [0.15, 0.2) is 6.29 Å². The molecule has 1 radical (unpaired) electrons. The Balaban J connectivity index is 3.48. The molecule has 15 heavy (non-hydrogen) atoms. The molecule has 0 aliphatic carbocycles. The molecule has 0 saturated heterocycles. The second-order valence-corrected chi connectivity index (χ2v) is 4.54. The average Bonchev–Trinajstić information content (AvgIpc) is 2.24. The van der Waals surface area contributed by atoms with Crippen molar-refractivity contribution < 1.29 is 4.79 Å². The minimum Gasteiger partial charge on any atom is -0.291 e. The van der Waals surface area contributed by atoms with Crippen LogP contribution in [0, 0.1) is 5.92 Å². The van der Waals surface area contributed by atoms with Crippen molar-refractivity contribution in [3.63, 3.8) is 0 Å². The van der Waals surface area contributed by atoms with Gasteiger partial charge in [0.2, 0.25) is 0 Å². The fourth-order valence-corrected chi connectivity index (χ4v) is 2.15. The summed E-state index contributed by atoms with van der Waals surface area (Å²) in [6.45, 7) is 4.53. The van der Waals surface area contributed by atoms with Crippen molar-refractivity contribution in [2.75, 3.05) is 0 Å². The van der Waals surface area contributed by atoms with Crippen LogP contribution >= 0.6 is 0 Å². The molecule has 0 amide bonds. The summed E-state index contributed by atoms with van der Waals surface area (Å²) < 4.78 is 0. The number of unbranched alkanes of at least 4 members (excludes halogenated alkanes) is 4. The molecular weight excluding hydrogens is 184 g/mol. The van der Waals surface area contributed by atoms with Crippen molar-refractivity contribution in [1.29, 1.82) is 0 Å². The third kappa shape index (κ3) is 9.96. The first kappa shape index (κ1) is 14.7. The largest absolute Gasteiger partial charge is 0.291 e. The molecule has 89 valence electrons. The van der Waals surface area contributed by atoms with E-state index in [-0.39, 0.29) is 0 Å². The van der Waals surface area contributed by atoms with E-state index in [0.29, 0.717) is 6.42 Å². The van der Waals surface area contributed by atoms with E-state index in [1.54, 1.807) is 0 Å². The van der Waals surface area contributed by atoms with Gasteiger partial charge in [0.25, 0.3) is 0 Å². The number of hydrogen-bond acceptors (Lipinski definition) is 1. The number of hydrogen-bond donors (Lipinski definition) is 0. The van der Waals surface area contributed by atoms with Crippen LogP contribution in [-0.2, 0) is 4.79 Å². The number of rotatable bonds is 11. The van der Waals surface area contributed by atoms with Gasteiger partial charge in [0.1, 0.15) is 0 Å². The van der Waals surface area contributed by atoms with Crippen LogP contribution in [0.4, 0.5) is 0 Å². The van der Waals surface area contributed by atoms with Gasteiger partial charge in [-0.2, -0.15) is 0 Å². The Morgan fingerprint density at radius 1 is 0.867 bits per heavy atom. The van der Waals surface area contributed by atoms with E-state index in [1.165, 1.54) is 51.4 Å². The first-order valence-corrected chi connectivity index (χ1v) is 6.70. The van der Waals surface area contributed by atoms with E-state index in [2.05, 4.69) is 13.8 Å². The molecule has 1 unspecified atom stereocenters. The predicted octanol–water partition coefficient (Wildman–Crippen LogP) is 4.65. The first-order chi connectivity index (χ1) is 7.35. The Kier molecular flexibility index (Phi) is 11.5. The molecule has 0 heterocycles. The summed E-state index contributed by atoms with van der Waals surface area (Å²) in [7, 11) is 0. The van der Waals surface area contributed by atoms with E-state index < -0.39 is 0 Å². The molecule has 0 aliphatic heterocycles. The van der Waals surface area contributed by atoms with Crippen molar-refractivity contribution in [2.24, 2.45) is 5.92 Å². The maximum atomic E-state index is 10.1. The Morgan fingerprint density at radius 3 is 2.07 bits per heavy atom. The topological polar surface area (TPSA) is 17.1 Å². The van der Waals surface area contributed by atoms with Crippen LogP contribution in [0.3, 0.4) is 0 Å². The van der Waals surface area contributed by atoms with Crippen LogP contribution in [0.15, 0.2) is 0 Å². The van der Waals surface area contributed by atoms with Crippen LogP contribution in [0.25, 0.3) is 0 Å². The van der Waals surface area contributed by atoms with Crippen LogP contribution in [0.2, 0.25) is 0 Å². The van der Waals surface area contributed by atoms with Crippen LogP contribution in [0.1, 0.15) is 78.1 Å². The van der Waals surface area contributed by atoms with Gasteiger partial charge >= 0.3 is 0 Å². The molecule has 0 aliphatic rings. The van der Waals surface area contributed by atoms with Gasteiger partial charge < -0.3 is 0 Å². The molecule has 0 fully saturated rings. The monoisotopic (exact) mass is 211 g/mol. The maximum absolute atomic E-state index is 10.1. The molecule has 0 spiro atoms. The van der Waals surface area contributed by atoms with Crippen molar-refractivity contribution in [2.45, 2.75) is 78.1 Å². The summed E-state index contributed by atoms with van der Waals surface area (Å²) in [5, 5.41) is 0. The third-order valence-corrected chi connectivity index (χ3v) is 3.05. The fourth-order valence-electron chi connectivity index (χ4n) is 2.15. The van der Waals surface area contributed by atoms with E-state index in [0.717, 1.165) is 12.3 Å². The maximum Gasteiger partial charge on any atom is 0.198 e. The summed E-state index contributed by atoms with van der Waals surface area (Å²) in [6.07, 6.45) is 14.3. The minimum absolute atomic E-state index is 0.633. The lowest BCUT2D eigenvalue weighted by atomic mass is 9.91. The molecule has 1 heteroatoms. The molecule has 0 aromatic rings. The Hall–Kier alpha value is -0.330. The molecular formula is C14H27O. The summed E-state index contributed by atoms with van der Waals surface area (Å²) in [4.78, 5) is 10.1. The molecule has 0 bridgehead atoms. The van der Waals surface area contributed by atoms with Crippen molar-refractivity contribution in [1.82, 2.24) is 0 Å². The summed E-state index contributed by atoms with van der Waals surface area (Å²) in [6, 6.07) is 0. The summed E-state index contributed by atoms with van der Waals surface area (Å²) >= 11 is 0. The predicted molar refractivity (Wildman–Crippen MR) is 66.7 cm³/mol. The second kappa shape index (κ2) is 11.7. The van der Waals surface area contributed by atoms with E-state index >= 15 is 0 Å². The van der Waals surface area contributed by atoms with Gasteiger partial charge in [0.05, 0.1) is 0 Å². The zero-order chi connectivity index (χ0) is 11.4. The Labute approximate surface area is 95.6 Å². The highest BCUT2D eigenvalue weighted by molar-refractivity contribution is 5.50. The highest BCUT2D eigenvalue weighted by Crippen LogP contribution is 2.21. The molecule has 0 rings (SSSR count). The van der Waals surface area contributed by atoms with Gasteiger partial charge in [-0.25, -0.2) is 0 Å². The minimum atomic E-state index is 0.633. The Bertz CT molecular complexity index is 131. The fraction of sp³-hybridized carbons (Fsp3) is 0.929. The van der Waals surface area contributed by atoms with Crippen molar-refractivity contribution >= 4 is 6.29 Å². The van der Waals surface area contributed by atoms with E-state index in [9.17, 15) is 4.79 Å². The highest BCUT2D eigenvalue weighted by atomic mass is 16.1.